The van der Waals surface area contributed by atoms with Crippen molar-refractivity contribution >= 4 is 37.9 Å². The molecule has 0 aromatic heterocycles. The van der Waals surface area contributed by atoms with Crippen LogP contribution in [0.15, 0.2) is 21.6 Å². The van der Waals surface area contributed by atoms with Gasteiger partial charge in [-0.2, -0.15) is 0 Å². The Hall–Kier alpha value is -0.480. The van der Waals surface area contributed by atoms with Crippen LogP contribution >= 0.6 is 31.9 Å². The molecule has 0 fully saturated rings. The summed E-state index contributed by atoms with van der Waals surface area (Å²) >= 11 is 6.66. The van der Waals surface area contributed by atoms with Gasteiger partial charge in [0.25, 0.3) is 0 Å². The van der Waals surface area contributed by atoms with Crippen LogP contribution in [0, 0.1) is 0 Å². The molecule has 16 heavy (non-hydrogen) atoms. The fraction of sp³-hybridized carbons (Fsp3) is 0.333. The van der Waals surface area contributed by atoms with Crippen molar-refractivity contribution in [3.05, 3.63) is 27.2 Å². The lowest BCUT2D eigenvalue weighted by molar-refractivity contribution is 0.230. The van der Waals surface area contributed by atoms with Crippen molar-refractivity contribution in [1.82, 2.24) is 0 Å². The monoisotopic (exact) mass is 348 g/mol. The first-order chi connectivity index (χ1) is 7.52. The third-order valence-electron chi connectivity index (χ3n) is 1.83. The van der Waals surface area contributed by atoms with Gasteiger partial charge in [-0.1, -0.05) is 6.07 Å². The Balaban J connectivity index is 3.06. The summed E-state index contributed by atoms with van der Waals surface area (Å²) in [6, 6.07) is 5.81. The summed E-state index contributed by atoms with van der Waals surface area (Å²) in [5.74, 6) is 1.50. The van der Waals surface area contributed by atoms with Crippen LogP contribution in [0.4, 0.5) is 0 Å². The summed E-state index contributed by atoms with van der Waals surface area (Å²) in [6.07, 6.45) is 2.08. The number of ether oxygens (including phenoxy) is 2. The van der Waals surface area contributed by atoms with E-state index >= 15 is 0 Å². The normalized spacial score (nSPS) is 10.1. The SMILES string of the molecule is COc1ccc(C=C(Br)Br)cc1OC(C)C. The molecule has 1 aromatic rings. The largest absolute Gasteiger partial charge is 0.493 e. The van der Waals surface area contributed by atoms with Crippen LogP contribution < -0.4 is 9.47 Å². The Bertz CT molecular complexity index is 383. The van der Waals surface area contributed by atoms with Gasteiger partial charge >= 0.3 is 0 Å². The van der Waals surface area contributed by atoms with E-state index in [2.05, 4.69) is 31.9 Å². The van der Waals surface area contributed by atoms with E-state index in [9.17, 15) is 0 Å². The molecule has 0 amide bonds. The van der Waals surface area contributed by atoms with Gasteiger partial charge in [0, 0.05) is 0 Å². The molecule has 0 N–H and O–H groups in total. The highest BCUT2D eigenvalue weighted by molar-refractivity contribution is 9.28. The molecule has 0 unspecified atom stereocenters. The highest BCUT2D eigenvalue weighted by atomic mass is 79.9. The van der Waals surface area contributed by atoms with E-state index in [0.29, 0.717) is 0 Å². The summed E-state index contributed by atoms with van der Waals surface area (Å²) in [5, 5.41) is 0. The minimum Gasteiger partial charge on any atom is -0.493 e. The minimum atomic E-state index is 0.126. The van der Waals surface area contributed by atoms with Gasteiger partial charge in [-0.3, -0.25) is 0 Å². The zero-order valence-electron chi connectivity index (χ0n) is 9.46. The molecule has 0 bridgehead atoms. The molecule has 0 atom stereocenters. The molecule has 1 aromatic carbocycles. The second-order valence-corrected chi connectivity index (χ2v) is 6.28. The topological polar surface area (TPSA) is 18.5 Å². The molecule has 0 radical (unpaired) electrons. The van der Waals surface area contributed by atoms with Gasteiger partial charge in [0.15, 0.2) is 11.5 Å². The number of rotatable bonds is 4. The first-order valence-electron chi connectivity index (χ1n) is 4.90. The number of hydrogen-bond acceptors (Lipinski definition) is 2. The zero-order valence-corrected chi connectivity index (χ0v) is 12.6. The third-order valence-corrected chi connectivity index (χ3v) is 2.28. The van der Waals surface area contributed by atoms with E-state index in [-0.39, 0.29) is 6.10 Å². The van der Waals surface area contributed by atoms with Gasteiger partial charge in [-0.05, 0) is 69.5 Å². The van der Waals surface area contributed by atoms with Crippen molar-refractivity contribution in [2.45, 2.75) is 20.0 Å². The Kier molecular flexibility index (Phi) is 5.35. The average Bonchev–Trinajstić information content (AvgIpc) is 2.16. The van der Waals surface area contributed by atoms with Crippen molar-refractivity contribution in [3.63, 3.8) is 0 Å². The van der Waals surface area contributed by atoms with Crippen molar-refractivity contribution in [2.24, 2.45) is 0 Å². The molecule has 0 heterocycles. The second-order valence-electron chi connectivity index (χ2n) is 3.51. The molecule has 0 saturated heterocycles. The van der Waals surface area contributed by atoms with Crippen LogP contribution in [0.2, 0.25) is 0 Å². The lowest BCUT2D eigenvalue weighted by Gasteiger charge is -2.13. The highest BCUT2D eigenvalue weighted by Gasteiger charge is 2.06. The summed E-state index contributed by atoms with van der Waals surface area (Å²) in [7, 11) is 1.64. The van der Waals surface area contributed by atoms with Gasteiger partial charge in [-0.15, -0.1) is 0 Å². The molecular formula is C12H14Br2O2. The minimum absolute atomic E-state index is 0.126. The van der Waals surface area contributed by atoms with Gasteiger partial charge in [0.1, 0.15) is 0 Å². The highest BCUT2D eigenvalue weighted by Crippen LogP contribution is 2.30. The molecule has 0 aliphatic heterocycles. The van der Waals surface area contributed by atoms with Crippen LogP contribution in [0.5, 0.6) is 11.5 Å². The molecule has 0 aliphatic carbocycles. The van der Waals surface area contributed by atoms with Gasteiger partial charge in [-0.25, -0.2) is 0 Å². The van der Waals surface area contributed by atoms with E-state index in [1.54, 1.807) is 7.11 Å². The van der Waals surface area contributed by atoms with Crippen LogP contribution in [-0.2, 0) is 0 Å². The number of halogens is 2. The lowest BCUT2D eigenvalue weighted by atomic mass is 10.2. The van der Waals surface area contributed by atoms with E-state index in [0.717, 1.165) is 20.5 Å². The maximum Gasteiger partial charge on any atom is 0.162 e. The van der Waals surface area contributed by atoms with Crippen molar-refractivity contribution < 1.29 is 9.47 Å². The Morgan fingerprint density at radius 1 is 1.25 bits per heavy atom. The Morgan fingerprint density at radius 3 is 2.44 bits per heavy atom. The molecule has 2 nitrogen and oxygen atoms in total. The standard InChI is InChI=1S/C12H14Br2O2/c1-8(2)16-11-6-9(7-12(13)14)4-5-10(11)15-3/h4-8H,1-3H3. The number of hydrogen-bond donors (Lipinski definition) is 0. The van der Waals surface area contributed by atoms with E-state index in [1.807, 2.05) is 38.1 Å². The fourth-order valence-corrected chi connectivity index (χ4v) is 1.78. The molecule has 0 spiro atoms. The lowest BCUT2D eigenvalue weighted by Crippen LogP contribution is -2.06. The first-order valence-corrected chi connectivity index (χ1v) is 6.49. The second kappa shape index (κ2) is 6.30. The number of methoxy groups -OCH3 is 1. The van der Waals surface area contributed by atoms with E-state index in [1.165, 1.54) is 0 Å². The summed E-state index contributed by atoms with van der Waals surface area (Å²) in [4.78, 5) is 0. The van der Waals surface area contributed by atoms with E-state index < -0.39 is 0 Å². The number of benzene rings is 1. The first kappa shape index (κ1) is 13.6. The van der Waals surface area contributed by atoms with Crippen LogP contribution in [-0.4, -0.2) is 13.2 Å². The molecule has 88 valence electrons. The fourth-order valence-electron chi connectivity index (χ4n) is 1.26. The van der Waals surface area contributed by atoms with Crippen LogP contribution in [0.3, 0.4) is 0 Å². The molecule has 0 saturated carbocycles. The van der Waals surface area contributed by atoms with Crippen molar-refractivity contribution in [1.29, 1.82) is 0 Å². The predicted octanol–water partition coefficient (Wildman–Crippen LogP) is 4.57. The Labute approximate surface area is 113 Å². The molecule has 4 heteroatoms. The average molecular weight is 350 g/mol. The zero-order chi connectivity index (χ0) is 12.1. The summed E-state index contributed by atoms with van der Waals surface area (Å²) < 4.78 is 11.8. The maximum absolute atomic E-state index is 5.67. The van der Waals surface area contributed by atoms with Crippen LogP contribution in [0.25, 0.3) is 6.08 Å². The van der Waals surface area contributed by atoms with Crippen molar-refractivity contribution in [2.75, 3.05) is 7.11 Å². The van der Waals surface area contributed by atoms with Crippen molar-refractivity contribution in [3.8, 4) is 11.5 Å². The molecule has 0 aliphatic rings. The van der Waals surface area contributed by atoms with E-state index in [4.69, 9.17) is 9.47 Å². The summed E-state index contributed by atoms with van der Waals surface area (Å²) in [6.45, 7) is 3.98. The Morgan fingerprint density at radius 2 is 1.94 bits per heavy atom. The third kappa shape index (κ3) is 4.18. The molecular weight excluding hydrogens is 336 g/mol. The van der Waals surface area contributed by atoms with Gasteiger partial charge < -0.3 is 9.47 Å². The van der Waals surface area contributed by atoms with Gasteiger partial charge in [0.2, 0.25) is 0 Å². The molecule has 1 rings (SSSR count). The maximum atomic E-state index is 5.67. The van der Waals surface area contributed by atoms with Gasteiger partial charge in [0.05, 0.1) is 16.6 Å². The van der Waals surface area contributed by atoms with Crippen LogP contribution in [0.1, 0.15) is 19.4 Å². The predicted molar refractivity (Wildman–Crippen MR) is 74.6 cm³/mol. The quantitative estimate of drug-likeness (QED) is 0.792. The smallest absolute Gasteiger partial charge is 0.162 e. The summed E-state index contributed by atoms with van der Waals surface area (Å²) in [5.41, 5.74) is 1.04.